The molecule has 4 heteroatoms. The fraction of sp³-hybridized carbons (Fsp3) is 0.385. The van der Waals surface area contributed by atoms with Gasteiger partial charge in [0.15, 0.2) is 0 Å². The Morgan fingerprint density at radius 2 is 2.06 bits per heavy atom. The van der Waals surface area contributed by atoms with Crippen molar-refractivity contribution in [1.29, 1.82) is 0 Å². The van der Waals surface area contributed by atoms with Gasteiger partial charge in [-0.15, -0.1) is 0 Å². The van der Waals surface area contributed by atoms with Crippen LogP contribution in [-0.4, -0.2) is 37.0 Å². The van der Waals surface area contributed by atoms with Gasteiger partial charge in [0.1, 0.15) is 6.54 Å². The summed E-state index contributed by atoms with van der Waals surface area (Å²) < 4.78 is 4.79. The van der Waals surface area contributed by atoms with Gasteiger partial charge in [-0.05, 0) is 26.0 Å². The van der Waals surface area contributed by atoms with Crippen LogP contribution in [0.3, 0.4) is 0 Å². The number of rotatable bonds is 4. The highest BCUT2D eigenvalue weighted by molar-refractivity contribution is 5.95. The molecule has 1 amide bonds. The number of aryl methyl sites for hydroxylation is 1. The molecule has 1 aromatic rings. The summed E-state index contributed by atoms with van der Waals surface area (Å²) in [6.07, 6.45) is 0. The van der Waals surface area contributed by atoms with Crippen LogP contribution in [0.1, 0.15) is 22.8 Å². The standard InChI is InChI=1S/C13H17NO3/c1-4-17-12(15)9-14(3)13(16)11-7-5-6-10(2)8-11/h5-8H,4,9H2,1-3H3. The molecule has 0 spiro atoms. The van der Waals surface area contributed by atoms with Crippen LogP contribution < -0.4 is 0 Å². The number of likely N-dealkylation sites (N-methyl/N-ethyl adjacent to an activating group) is 1. The molecule has 0 saturated heterocycles. The monoisotopic (exact) mass is 235 g/mol. The van der Waals surface area contributed by atoms with Crippen molar-refractivity contribution in [2.45, 2.75) is 13.8 Å². The molecule has 92 valence electrons. The fourth-order valence-electron chi connectivity index (χ4n) is 1.47. The topological polar surface area (TPSA) is 46.6 Å². The number of carbonyl (C=O) groups is 2. The first-order valence-corrected chi connectivity index (χ1v) is 5.52. The molecule has 1 aromatic carbocycles. The lowest BCUT2D eigenvalue weighted by atomic mass is 10.1. The number of hydrogen-bond donors (Lipinski definition) is 0. The zero-order valence-electron chi connectivity index (χ0n) is 10.4. The summed E-state index contributed by atoms with van der Waals surface area (Å²) in [5.41, 5.74) is 1.59. The molecular formula is C13H17NO3. The Morgan fingerprint density at radius 1 is 1.35 bits per heavy atom. The average Bonchev–Trinajstić information content (AvgIpc) is 2.28. The van der Waals surface area contributed by atoms with Crippen molar-refractivity contribution in [3.8, 4) is 0 Å². The van der Waals surface area contributed by atoms with E-state index in [-0.39, 0.29) is 12.5 Å². The lowest BCUT2D eigenvalue weighted by Crippen LogP contribution is -2.33. The highest BCUT2D eigenvalue weighted by atomic mass is 16.5. The minimum absolute atomic E-state index is 0.0272. The molecule has 0 heterocycles. The van der Waals surface area contributed by atoms with E-state index in [1.54, 1.807) is 26.1 Å². The third-order valence-electron chi connectivity index (χ3n) is 2.28. The summed E-state index contributed by atoms with van der Waals surface area (Å²) in [5.74, 6) is -0.572. The van der Waals surface area contributed by atoms with Crippen LogP contribution in [-0.2, 0) is 9.53 Å². The molecule has 0 fully saturated rings. The van der Waals surface area contributed by atoms with E-state index in [1.165, 1.54) is 4.90 Å². The SMILES string of the molecule is CCOC(=O)CN(C)C(=O)c1cccc(C)c1. The van der Waals surface area contributed by atoms with E-state index in [2.05, 4.69) is 0 Å². The minimum atomic E-state index is -0.393. The van der Waals surface area contributed by atoms with Gasteiger partial charge in [0, 0.05) is 12.6 Å². The summed E-state index contributed by atoms with van der Waals surface area (Å²) in [5, 5.41) is 0. The molecule has 0 bridgehead atoms. The predicted octanol–water partition coefficient (Wildman–Crippen LogP) is 1.63. The van der Waals surface area contributed by atoms with Crippen molar-refractivity contribution in [1.82, 2.24) is 4.90 Å². The van der Waals surface area contributed by atoms with Crippen LogP contribution in [0.5, 0.6) is 0 Å². The number of nitrogens with zero attached hydrogens (tertiary/aromatic N) is 1. The van der Waals surface area contributed by atoms with E-state index in [0.29, 0.717) is 12.2 Å². The third kappa shape index (κ3) is 3.90. The second-order valence-corrected chi connectivity index (χ2v) is 3.84. The van der Waals surface area contributed by atoms with Crippen molar-refractivity contribution >= 4 is 11.9 Å². The number of benzene rings is 1. The van der Waals surface area contributed by atoms with Crippen molar-refractivity contribution < 1.29 is 14.3 Å². The summed E-state index contributed by atoms with van der Waals surface area (Å²) in [6, 6.07) is 7.27. The minimum Gasteiger partial charge on any atom is -0.465 e. The van der Waals surface area contributed by atoms with Gasteiger partial charge in [-0.2, -0.15) is 0 Å². The van der Waals surface area contributed by atoms with Crippen molar-refractivity contribution in [3.63, 3.8) is 0 Å². The smallest absolute Gasteiger partial charge is 0.325 e. The highest BCUT2D eigenvalue weighted by Gasteiger charge is 2.15. The van der Waals surface area contributed by atoms with Gasteiger partial charge in [0.25, 0.3) is 5.91 Å². The van der Waals surface area contributed by atoms with Gasteiger partial charge in [0.05, 0.1) is 6.61 Å². The molecule has 17 heavy (non-hydrogen) atoms. The van der Waals surface area contributed by atoms with E-state index in [1.807, 2.05) is 19.1 Å². The molecule has 0 N–H and O–H groups in total. The molecule has 0 aliphatic heterocycles. The molecule has 0 saturated carbocycles. The fourth-order valence-corrected chi connectivity index (χ4v) is 1.47. The Kier molecular flexibility index (Phi) is 4.69. The highest BCUT2D eigenvalue weighted by Crippen LogP contribution is 2.06. The Balaban J connectivity index is 2.67. The lowest BCUT2D eigenvalue weighted by molar-refractivity contribution is -0.143. The van der Waals surface area contributed by atoms with E-state index < -0.39 is 5.97 Å². The number of esters is 1. The molecule has 0 radical (unpaired) electrons. The largest absolute Gasteiger partial charge is 0.465 e. The molecular weight excluding hydrogens is 218 g/mol. The van der Waals surface area contributed by atoms with Crippen LogP contribution in [0.25, 0.3) is 0 Å². The van der Waals surface area contributed by atoms with E-state index >= 15 is 0 Å². The third-order valence-corrected chi connectivity index (χ3v) is 2.28. The zero-order chi connectivity index (χ0) is 12.8. The van der Waals surface area contributed by atoms with Gasteiger partial charge in [-0.25, -0.2) is 0 Å². The van der Waals surface area contributed by atoms with Crippen molar-refractivity contribution in [2.75, 3.05) is 20.2 Å². The van der Waals surface area contributed by atoms with Gasteiger partial charge < -0.3 is 9.64 Å². The summed E-state index contributed by atoms with van der Waals surface area (Å²) >= 11 is 0. The van der Waals surface area contributed by atoms with Crippen LogP contribution in [0.2, 0.25) is 0 Å². The molecule has 0 aliphatic carbocycles. The summed E-state index contributed by atoms with van der Waals surface area (Å²) in [4.78, 5) is 24.5. The van der Waals surface area contributed by atoms with Gasteiger partial charge >= 0.3 is 5.97 Å². The Hall–Kier alpha value is -1.84. The van der Waals surface area contributed by atoms with E-state index in [4.69, 9.17) is 4.74 Å². The second-order valence-electron chi connectivity index (χ2n) is 3.84. The lowest BCUT2D eigenvalue weighted by Gasteiger charge is -2.16. The number of amides is 1. The van der Waals surface area contributed by atoms with E-state index in [0.717, 1.165) is 5.56 Å². The summed E-state index contributed by atoms with van der Waals surface area (Å²) in [7, 11) is 1.58. The number of hydrogen-bond acceptors (Lipinski definition) is 3. The van der Waals surface area contributed by atoms with Crippen LogP contribution in [0.15, 0.2) is 24.3 Å². The molecule has 0 aromatic heterocycles. The molecule has 0 atom stereocenters. The maximum Gasteiger partial charge on any atom is 0.325 e. The Bertz CT molecular complexity index is 415. The van der Waals surface area contributed by atoms with E-state index in [9.17, 15) is 9.59 Å². The molecule has 1 rings (SSSR count). The maximum atomic E-state index is 12.0. The first-order chi connectivity index (χ1) is 8.04. The van der Waals surface area contributed by atoms with Crippen molar-refractivity contribution in [3.05, 3.63) is 35.4 Å². The first kappa shape index (κ1) is 13.2. The molecule has 4 nitrogen and oxygen atoms in total. The molecule has 0 aliphatic rings. The molecule has 0 unspecified atom stereocenters. The Labute approximate surface area is 101 Å². The maximum absolute atomic E-state index is 12.0. The number of carbonyl (C=O) groups excluding carboxylic acids is 2. The van der Waals surface area contributed by atoms with Crippen molar-refractivity contribution in [2.24, 2.45) is 0 Å². The van der Waals surface area contributed by atoms with Crippen LogP contribution in [0, 0.1) is 6.92 Å². The normalized spacial score (nSPS) is 9.82. The van der Waals surface area contributed by atoms with Gasteiger partial charge in [-0.1, -0.05) is 17.7 Å². The van der Waals surface area contributed by atoms with Crippen LogP contribution >= 0.6 is 0 Å². The first-order valence-electron chi connectivity index (χ1n) is 5.52. The second kappa shape index (κ2) is 6.03. The average molecular weight is 235 g/mol. The van der Waals surface area contributed by atoms with Gasteiger partial charge in [-0.3, -0.25) is 9.59 Å². The summed E-state index contributed by atoms with van der Waals surface area (Å²) in [6.45, 7) is 3.95. The number of ether oxygens (including phenoxy) is 1. The van der Waals surface area contributed by atoms with Crippen LogP contribution in [0.4, 0.5) is 0 Å². The predicted molar refractivity (Wildman–Crippen MR) is 64.8 cm³/mol. The zero-order valence-corrected chi connectivity index (χ0v) is 10.4. The Morgan fingerprint density at radius 3 is 2.65 bits per heavy atom. The quantitative estimate of drug-likeness (QED) is 0.745. The van der Waals surface area contributed by atoms with Gasteiger partial charge in [0.2, 0.25) is 0 Å².